The van der Waals surface area contributed by atoms with Gasteiger partial charge in [-0.3, -0.25) is 0 Å². The summed E-state index contributed by atoms with van der Waals surface area (Å²) in [4.78, 5) is 21.9. The highest BCUT2D eigenvalue weighted by atomic mass is 16.6. The fraction of sp³-hybridized carbons (Fsp3) is 0.800. The van der Waals surface area contributed by atoms with E-state index < -0.39 is 0 Å². The minimum absolute atomic E-state index is 0.00375. The molecular formula is C20H30O3. The smallest absolute Gasteiger partial charge is 0.127 e. The van der Waals surface area contributed by atoms with Crippen molar-refractivity contribution in [2.45, 2.75) is 64.9 Å². The van der Waals surface area contributed by atoms with Gasteiger partial charge >= 0.3 is 0 Å². The number of ether oxygens (including phenoxy) is 1. The Kier molecular flexibility index (Phi) is 4.29. The van der Waals surface area contributed by atoms with Gasteiger partial charge in [-0.25, -0.2) is 0 Å². The van der Waals surface area contributed by atoms with Crippen molar-refractivity contribution < 1.29 is 14.3 Å². The molecule has 3 aliphatic rings. The lowest BCUT2D eigenvalue weighted by Crippen LogP contribution is -2.54. The van der Waals surface area contributed by atoms with Crippen LogP contribution >= 0.6 is 0 Å². The minimum Gasteiger partial charge on any atom is -0.369 e. The molecule has 0 amide bonds. The van der Waals surface area contributed by atoms with Gasteiger partial charge in [0.15, 0.2) is 0 Å². The maximum absolute atomic E-state index is 11.2. The zero-order valence-electron chi connectivity index (χ0n) is 14.7. The molecule has 3 rings (SSSR count). The van der Waals surface area contributed by atoms with Crippen molar-refractivity contribution in [1.82, 2.24) is 0 Å². The van der Waals surface area contributed by atoms with E-state index in [4.69, 9.17) is 4.74 Å². The van der Waals surface area contributed by atoms with E-state index in [2.05, 4.69) is 26.8 Å². The van der Waals surface area contributed by atoms with Gasteiger partial charge in [0.25, 0.3) is 0 Å². The van der Waals surface area contributed by atoms with Gasteiger partial charge in [-0.15, -0.1) is 0 Å². The van der Waals surface area contributed by atoms with Crippen LogP contribution in [0.25, 0.3) is 0 Å². The molecule has 3 heteroatoms. The van der Waals surface area contributed by atoms with Crippen molar-refractivity contribution in [3.05, 3.63) is 12.2 Å². The summed E-state index contributed by atoms with van der Waals surface area (Å²) in [5.74, 6) is 0.778. The number of fused-ring (bicyclic) bond motifs is 1. The van der Waals surface area contributed by atoms with Crippen LogP contribution in [0.15, 0.2) is 12.2 Å². The Morgan fingerprint density at radius 1 is 1.17 bits per heavy atom. The van der Waals surface area contributed by atoms with Crippen LogP contribution in [0.4, 0.5) is 0 Å². The Hall–Kier alpha value is -0.960. The van der Waals surface area contributed by atoms with Crippen molar-refractivity contribution >= 4 is 12.6 Å². The maximum atomic E-state index is 11.2. The third kappa shape index (κ3) is 2.82. The summed E-state index contributed by atoms with van der Waals surface area (Å²) in [6.45, 7) is 8.13. The first-order chi connectivity index (χ1) is 10.9. The number of carbonyl (C=O) groups excluding carboxylic acids is 2. The van der Waals surface area contributed by atoms with E-state index in [0.29, 0.717) is 17.3 Å². The Bertz CT molecular complexity index is 503. The van der Waals surface area contributed by atoms with Crippen LogP contribution < -0.4 is 0 Å². The Labute approximate surface area is 139 Å². The summed E-state index contributed by atoms with van der Waals surface area (Å²) in [6.07, 6.45) is 12.4. The molecule has 5 atom stereocenters. The van der Waals surface area contributed by atoms with Gasteiger partial charge in [-0.1, -0.05) is 39.3 Å². The molecule has 1 aliphatic heterocycles. The first-order valence-corrected chi connectivity index (χ1v) is 9.09. The number of carbonyl (C=O) groups is 2. The lowest BCUT2D eigenvalue weighted by molar-refractivity contribution is -0.114. The molecule has 0 bridgehead atoms. The van der Waals surface area contributed by atoms with Crippen LogP contribution in [0.2, 0.25) is 0 Å². The molecule has 3 nitrogen and oxygen atoms in total. The Balaban J connectivity index is 1.89. The lowest BCUT2D eigenvalue weighted by atomic mass is 9.46. The van der Waals surface area contributed by atoms with Crippen molar-refractivity contribution in [3.8, 4) is 0 Å². The van der Waals surface area contributed by atoms with E-state index in [1.54, 1.807) is 0 Å². The zero-order valence-corrected chi connectivity index (χ0v) is 14.7. The topological polar surface area (TPSA) is 46.7 Å². The third-order valence-electron chi connectivity index (χ3n) is 7.02. The third-order valence-corrected chi connectivity index (χ3v) is 7.02. The molecule has 1 spiro atoms. The van der Waals surface area contributed by atoms with Crippen LogP contribution in [0, 0.1) is 28.6 Å². The predicted octanol–water partition coefficient (Wildman–Crippen LogP) is 3.96. The highest BCUT2D eigenvalue weighted by Gasteiger charge is 2.64. The van der Waals surface area contributed by atoms with E-state index >= 15 is 0 Å². The van der Waals surface area contributed by atoms with Crippen LogP contribution in [0.3, 0.4) is 0 Å². The number of epoxide rings is 1. The van der Waals surface area contributed by atoms with Gasteiger partial charge in [0, 0.05) is 18.3 Å². The lowest BCUT2D eigenvalue weighted by Gasteiger charge is -2.58. The molecule has 1 saturated heterocycles. The molecule has 23 heavy (non-hydrogen) atoms. The summed E-state index contributed by atoms with van der Waals surface area (Å²) in [5.41, 5.74) is 0.619. The molecule has 2 aliphatic carbocycles. The summed E-state index contributed by atoms with van der Waals surface area (Å²) in [5, 5.41) is 0. The van der Waals surface area contributed by atoms with E-state index in [-0.39, 0.29) is 23.4 Å². The second-order valence-electron chi connectivity index (χ2n) is 8.86. The molecule has 0 radical (unpaired) electrons. The molecule has 0 aromatic heterocycles. The van der Waals surface area contributed by atoms with Gasteiger partial charge in [-0.2, -0.15) is 0 Å². The molecule has 0 aromatic rings. The number of aldehydes is 2. The van der Waals surface area contributed by atoms with Gasteiger partial charge in [0.1, 0.15) is 12.6 Å². The Morgan fingerprint density at radius 2 is 1.91 bits per heavy atom. The molecule has 2 unspecified atom stereocenters. The summed E-state index contributed by atoms with van der Waals surface area (Å²) < 4.78 is 5.95. The summed E-state index contributed by atoms with van der Waals surface area (Å²) >= 11 is 0. The highest BCUT2D eigenvalue weighted by Crippen LogP contribution is 2.65. The normalized spacial score (nSPS) is 43.1. The molecule has 0 N–H and O–H groups in total. The van der Waals surface area contributed by atoms with Crippen LogP contribution in [0.1, 0.15) is 59.3 Å². The highest BCUT2D eigenvalue weighted by molar-refractivity contribution is 5.64. The first-order valence-electron chi connectivity index (χ1n) is 9.09. The summed E-state index contributed by atoms with van der Waals surface area (Å²) in [6, 6.07) is 0. The second kappa shape index (κ2) is 5.84. The molecule has 128 valence electrons. The number of hydrogen-bond donors (Lipinski definition) is 0. The zero-order chi connectivity index (χ0) is 16.7. The van der Waals surface area contributed by atoms with Crippen molar-refractivity contribution in [3.63, 3.8) is 0 Å². The predicted molar refractivity (Wildman–Crippen MR) is 90.0 cm³/mol. The Morgan fingerprint density at radius 3 is 2.52 bits per heavy atom. The van der Waals surface area contributed by atoms with E-state index in [9.17, 15) is 9.59 Å². The monoisotopic (exact) mass is 318 g/mol. The SMILES string of the molecule is CC1(C)CCC[C@@]2(C)C1CC[C@@]1(CO1)[C@@H]2/C=C/C(C=O)CC=O. The van der Waals surface area contributed by atoms with Crippen molar-refractivity contribution in [1.29, 1.82) is 0 Å². The van der Waals surface area contributed by atoms with E-state index in [0.717, 1.165) is 25.6 Å². The number of hydrogen-bond acceptors (Lipinski definition) is 3. The van der Waals surface area contributed by atoms with Crippen molar-refractivity contribution in [2.24, 2.45) is 28.6 Å². The quantitative estimate of drug-likeness (QED) is 0.438. The standard InChI is InChI=1S/C20H30O3/c1-18(2)9-4-10-19(3)16(18)7-11-20(14-23-20)17(19)6-5-15(13-22)8-12-21/h5-6,12-13,15-17H,4,7-11,14H2,1-3H3/b6-5+/t15?,16?,17-,19+,20-/m1/s1. The molecule has 3 fully saturated rings. The maximum Gasteiger partial charge on any atom is 0.127 e. The van der Waals surface area contributed by atoms with Gasteiger partial charge in [0.2, 0.25) is 0 Å². The minimum atomic E-state index is -0.288. The molecular weight excluding hydrogens is 288 g/mol. The molecule has 0 aromatic carbocycles. The van der Waals surface area contributed by atoms with Gasteiger partial charge in [-0.05, 0) is 42.4 Å². The first kappa shape index (κ1) is 16.9. The molecule has 2 saturated carbocycles. The average Bonchev–Trinajstić information content (AvgIpc) is 3.24. The fourth-order valence-corrected chi connectivity index (χ4v) is 5.76. The number of allylic oxidation sites excluding steroid dienone is 1. The van der Waals surface area contributed by atoms with Crippen LogP contribution in [-0.4, -0.2) is 24.8 Å². The average molecular weight is 318 g/mol. The van der Waals surface area contributed by atoms with Gasteiger partial charge < -0.3 is 14.3 Å². The fourth-order valence-electron chi connectivity index (χ4n) is 5.76. The summed E-state index contributed by atoms with van der Waals surface area (Å²) in [7, 11) is 0. The number of rotatable bonds is 5. The van der Waals surface area contributed by atoms with E-state index in [1.165, 1.54) is 25.7 Å². The second-order valence-corrected chi connectivity index (χ2v) is 8.86. The van der Waals surface area contributed by atoms with Crippen molar-refractivity contribution in [2.75, 3.05) is 6.61 Å². The molecule has 1 heterocycles. The van der Waals surface area contributed by atoms with Crippen LogP contribution in [-0.2, 0) is 14.3 Å². The van der Waals surface area contributed by atoms with Gasteiger partial charge in [0.05, 0.1) is 12.2 Å². The van der Waals surface area contributed by atoms with Crippen LogP contribution in [0.5, 0.6) is 0 Å². The largest absolute Gasteiger partial charge is 0.369 e. The van der Waals surface area contributed by atoms with E-state index in [1.807, 2.05) is 6.08 Å².